The number of rotatable bonds is 44. The fourth-order valence-electron chi connectivity index (χ4n) is 8.07. The Morgan fingerprint density at radius 1 is 0.352 bits per heavy atom. The van der Waals surface area contributed by atoms with Crippen LogP contribution in [0.2, 0.25) is 0 Å². The summed E-state index contributed by atoms with van der Waals surface area (Å²) in [5, 5.41) is 9.34. The van der Waals surface area contributed by atoms with E-state index >= 15 is 0 Å². The first-order valence-electron chi connectivity index (χ1n) is 24.5. The van der Waals surface area contributed by atoms with Gasteiger partial charge in [-0.25, -0.2) is 0 Å². The van der Waals surface area contributed by atoms with Gasteiger partial charge in [0, 0.05) is 6.61 Å². The predicted molar refractivity (Wildman–Crippen MR) is 233 cm³/mol. The van der Waals surface area contributed by atoms with Gasteiger partial charge in [-0.05, 0) is 50.9 Å². The molecular formula is C49H96O5. The smallest absolute Gasteiger partial charge is 0.308 e. The van der Waals surface area contributed by atoms with Crippen molar-refractivity contribution >= 4 is 11.9 Å². The van der Waals surface area contributed by atoms with Crippen molar-refractivity contribution in [3.63, 3.8) is 0 Å². The third-order valence-corrected chi connectivity index (χ3v) is 11.8. The maximum atomic E-state index is 13.0. The van der Waals surface area contributed by atoms with Crippen molar-refractivity contribution in [1.29, 1.82) is 0 Å². The van der Waals surface area contributed by atoms with E-state index in [0.29, 0.717) is 19.8 Å². The summed E-state index contributed by atoms with van der Waals surface area (Å²) in [6.45, 7) is 10.5. The van der Waals surface area contributed by atoms with Crippen LogP contribution in [0.5, 0.6) is 0 Å². The molecule has 5 nitrogen and oxygen atoms in total. The Kier molecular flexibility index (Phi) is 42.2. The molecule has 0 aliphatic carbocycles. The minimum atomic E-state index is 0.0627. The van der Waals surface area contributed by atoms with Gasteiger partial charge in [0.2, 0.25) is 0 Å². The van der Waals surface area contributed by atoms with Gasteiger partial charge in [-0.2, -0.15) is 0 Å². The first kappa shape index (κ1) is 52.9. The first-order valence-corrected chi connectivity index (χ1v) is 24.5. The van der Waals surface area contributed by atoms with Crippen LogP contribution in [0.1, 0.15) is 265 Å². The highest BCUT2D eigenvalue weighted by molar-refractivity contribution is 5.72. The zero-order valence-corrected chi connectivity index (χ0v) is 37.1. The summed E-state index contributed by atoms with van der Waals surface area (Å²) in [6.07, 6.45) is 43.9. The van der Waals surface area contributed by atoms with Crippen molar-refractivity contribution in [2.24, 2.45) is 17.8 Å². The molecule has 0 saturated heterocycles. The van der Waals surface area contributed by atoms with Crippen molar-refractivity contribution in [2.45, 2.75) is 265 Å². The molecule has 0 aromatic carbocycles. The molecule has 0 rings (SSSR count). The number of ether oxygens (including phenoxy) is 2. The molecule has 0 aliphatic heterocycles. The third kappa shape index (κ3) is 35.3. The largest absolute Gasteiger partial charge is 0.465 e. The fourth-order valence-corrected chi connectivity index (χ4v) is 8.07. The molecule has 1 N–H and O–H groups in total. The Morgan fingerprint density at radius 2 is 0.611 bits per heavy atom. The highest BCUT2D eigenvalue weighted by Crippen LogP contribution is 2.25. The van der Waals surface area contributed by atoms with Gasteiger partial charge in [0.25, 0.3) is 0 Å². The van der Waals surface area contributed by atoms with Crippen LogP contribution in [0.25, 0.3) is 0 Å². The molecule has 322 valence electrons. The van der Waals surface area contributed by atoms with Gasteiger partial charge in [-0.1, -0.05) is 220 Å². The van der Waals surface area contributed by atoms with Crippen LogP contribution < -0.4 is 0 Å². The maximum absolute atomic E-state index is 13.0. The van der Waals surface area contributed by atoms with Crippen LogP contribution in [-0.2, 0) is 19.1 Å². The van der Waals surface area contributed by atoms with Crippen molar-refractivity contribution < 1.29 is 24.2 Å². The molecule has 2 atom stereocenters. The minimum Gasteiger partial charge on any atom is -0.465 e. The average Bonchev–Trinajstić information content (AvgIpc) is 3.17. The van der Waals surface area contributed by atoms with Gasteiger partial charge < -0.3 is 14.6 Å². The molecule has 0 aliphatic rings. The molecule has 54 heavy (non-hydrogen) atoms. The molecule has 0 amide bonds. The zero-order chi connectivity index (χ0) is 39.6. The number of esters is 2. The van der Waals surface area contributed by atoms with Crippen LogP contribution in [0.15, 0.2) is 0 Å². The van der Waals surface area contributed by atoms with E-state index in [-0.39, 0.29) is 23.8 Å². The van der Waals surface area contributed by atoms with Crippen molar-refractivity contribution in [1.82, 2.24) is 0 Å². The van der Waals surface area contributed by atoms with Gasteiger partial charge in [-0.15, -0.1) is 0 Å². The van der Waals surface area contributed by atoms with Crippen LogP contribution in [0, 0.1) is 17.8 Å². The Morgan fingerprint density at radius 3 is 0.944 bits per heavy atom. The van der Waals surface area contributed by atoms with E-state index in [4.69, 9.17) is 9.47 Å². The quantitative estimate of drug-likeness (QED) is 0.0494. The highest BCUT2D eigenvalue weighted by Gasteiger charge is 2.20. The second-order valence-electron chi connectivity index (χ2n) is 17.0. The Labute approximate surface area is 338 Å². The Hall–Kier alpha value is -1.10. The SMILES string of the molecule is CCCCCCCCC(CCCCCC)C(=O)OCCCCCCC(CCCCO)CCCCCCOC(=O)C(CCCCCC)CCCCCCCC. The molecule has 0 heterocycles. The van der Waals surface area contributed by atoms with Crippen LogP contribution in [-0.4, -0.2) is 36.9 Å². The van der Waals surface area contributed by atoms with E-state index in [2.05, 4.69) is 27.7 Å². The summed E-state index contributed by atoms with van der Waals surface area (Å²) in [5.41, 5.74) is 0. The van der Waals surface area contributed by atoms with E-state index in [0.717, 1.165) is 95.8 Å². The summed E-state index contributed by atoms with van der Waals surface area (Å²) in [5.74, 6) is 1.05. The summed E-state index contributed by atoms with van der Waals surface area (Å²) >= 11 is 0. The zero-order valence-electron chi connectivity index (χ0n) is 37.1. The van der Waals surface area contributed by atoms with E-state index in [1.54, 1.807) is 0 Å². The highest BCUT2D eigenvalue weighted by atomic mass is 16.5. The predicted octanol–water partition coefficient (Wildman–Crippen LogP) is 15.4. The molecule has 0 fully saturated rings. The van der Waals surface area contributed by atoms with Crippen molar-refractivity contribution in [3.05, 3.63) is 0 Å². The molecule has 0 radical (unpaired) electrons. The van der Waals surface area contributed by atoms with Gasteiger partial charge in [0.05, 0.1) is 25.0 Å². The third-order valence-electron chi connectivity index (χ3n) is 11.8. The number of unbranched alkanes of at least 4 members (excludes halogenated alkanes) is 23. The van der Waals surface area contributed by atoms with Gasteiger partial charge in [0.15, 0.2) is 0 Å². The number of carbonyl (C=O) groups excluding carboxylic acids is 2. The van der Waals surface area contributed by atoms with Gasteiger partial charge in [-0.3, -0.25) is 9.59 Å². The lowest BCUT2D eigenvalue weighted by molar-refractivity contribution is -0.150. The van der Waals surface area contributed by atoms with Crippen LogP contribution >= 0.6 is 0 Å². The fraction of sp³-hybridized carbons (Fsp3) is 0.959. The monoisotopic (exact) mass is 765 g/mol. The van der Waals surface area contributed by atoms with Crippen molar-refractivity contribution in [3.8, 4) is 0 Å². The van der Waals surface area contributed by atoms with E-state index in [1.807, 2.05) is 0 Å². The lowest BCUT2D eigenvalue weighted by Gasteiger charge is -2.18. The summed E-state index contributed by atoms with van der Waals surface area (Å²) in [6, 6.07) is 0. The topological polar surface area (TPSA) is 72.8 Å². The number of hydrogen-bond donors (Lipinski definition) is 1. The molecule has 0 aromatic rings. The molecule has 2 unspecified atom stereocenters. The summed E-state index contributed by atoms with van der Waals surface area (Å²) < 4.78 is 11.7. The van der Waals surface area contributed by atoms with Crippen LogP contribution in [0.4, 0.5) is 0 Å². The Bertz CT molecular complexity index is 711. The van der Waals surface area contributed by atoms with E-state index in [1.165, 1.54) is 148 Å². The van der Waals surface area contributed by atoms with Crippen molar-refractivity contribution in [2.75, 3.05) is 19.8 Å². The lowest BCUT2D eigenvalue weighted by Crippen LogP contribution is -2.18. The van der Waals surface area contributed by atoms with Crippen LogP contribution in [0.3, 0.4) is 0 Å². The molecule has 0 bridgehead atoms. The Balaban J connectivity index is 4.36. The molecule has 0 saturated carbocycles. The van der Waals surface area contributed by atoms with Gasteiger partial charge >= 0.3 is 11.9 Å². The summed E-state index contributed by atoms with van der Waals surface area (Å²) in [7, 11) is 0. The first-order chi connectivity index (χ1) is 26.5. The van der Waals surface area contributed by atoms with E-state index < -0.39 is 0 Å². The minimum absolute atomic E-state index is 0.0627. The molecular weight excluding hydrogens is 669 g/mol. The molecule has 0 spiro atoms. The number of carbonyl (C=O) groups is 2. The second kappa shape index (κ2) is 43.0. The second-order valence-corrected chi connectivity index (χ2v) is 17.0. The number of aliphatic hydroxyl groups excluding tert-OH is 1. The molecule has 0 aromatic heterocycles. The van der Waals surface area contributed by atoms with Gasteiger partial charge in [0.1, 0.15) is 0 Å². The maximum Gasteiger partial charge on any atom is 0.308 e. The number of hydrogen-bond acceptors (Lipinski definition) is 5. The standard InChI is InChI=1S/C49H96O5/c1-5-9-13-17-19-29-40-46(38-27-15-11-7-3)48(51)53-43-33-23-21-25-35-45(37-31-32-42-50)36-26-22-24-34-44-54-49(52)47(39-28-16-12-8-4)41-30-20-18-14-10-6-2/h45-47,50H,5-44H2,1-4H3. The lowest BCUT2D eigenvalue weighted by atomic mass is 9.90. The summed E-state index contributed by atoms with van der Waals surface area (Å²) in [4.78, 5) is 26.0. The average molecular weight is 765 g/mol. The van der Waals surface area contributed by atoms with E-state index in [9.17, 15) is 14.7 Å². The molecule has 5 heteroatoms. The normalized spacial score (nSPS) is 13.2. The number of aliphatic hydroxyl groups is 1.